The lowest BCUT2D eigenvalue weighted by atomic mass is 10.1. The van der Waals surface area contributed by atoms with Crippen molar-refractivity contribution in [3.8, 4) is 0 Å². The van der Waals surface area contributed by atoms with E-state index in [9.17, 15) is 21.6 Å². The highest BCUT2D eigenvalue weighted by Crippen LogP contribution is 2.36. The smallest absolute Gasteiger partial charge is 0.262 e. The molecule has 3 nitrogen and oxygen atoms in total. The van der Waals surface area contributed by atoms with E-state index >= 15 is 0 Å². The van der Waals surface area contributed by atoms with Crippen LogP contribution in [-0.4, -0.2) is 14.8 Å². The molecule has 0 aliphatic heterocycles. The number of halogens is 3. The summed E-state index contributed by atoms with van der Waals surface area (Å²) < 4.78 is 65.6. The van der Waals surface area contributed by atoms with Gasteiger partial charge in [-0.3, -0.25) is 4.18 Å². The zero-order valence-corrected chi connectivity index (χ0v) is 10.8. The molecule has 0 aliphatic carbocycles. The molecular weight excluding hydrogens is 276 g/mol. The number of alkyl halides is 3. The number of rotatable bonds is 3. The van der Waals surface area contributed by atoms with E-state index < -0.39 is 26.8 Å². The fourth-order valence-corrected chi connectivity index (χ4v) is 3.11. The minimum absolute atomic E-state index is 0.00160. The molecule has 1 aromatic carbocycles. The Morgan fingerprint density at radius 2 is 1.94 bits per heavy atom. The van der Waals surface area contributed by atoms with Crippen LogP contribution < -0.4 is 0 Å². The molecule has 0 aliphatic rings. The molecule has 0 bridgehead atoms. The van der Waals surface area contributed by atoms with E-state index in [4.69, 9.17) is 0 Å². The van der Waals surface area contributed by atoms with E-state index in [1.807, 2.05) is 9.24 Å². The summed E-state index contributed by atoms with van der Waals surface area (Å²) >= 11 is 0. The minimum Gasteiger partial charge on any atom is -0.262 e. The lowest BCUT2D eigenvalue weighted by molar-refractivity contribution is -0.140. The predicted molar refractivity (Wildman–Crippen MR) is 59.0 cm³/mol. The van der Waals surface area contributed by atoms with Gasteiger partial charge < -0.3 is 0 Å². The second kappa shape index (κ2) is 4.92. The molecule has 8 heteroatoms. The summed E-state index contributed by atoms with van der Waals surface area (Å²) in [5.74, 6) is 0. The Morgan fingerprint density at radius 3 is 2.41 bits per heavy atom. The number of aryl methyl sites for hydroxylation is 1. The van der Waals surface area contributed by atoms with E-state index in [1.54, 1.807) is 0 Å². The van der Waals surface area contributed by atoms with Gasteiger partial charge in [-0.25, -0.2) is 0 Å². The van der Waals surface area contributed by atoms with E-state index in [-0.39, 0.29) is 11.9 Å². The summed E-state index contributed by atoms with van der Waals surface area (Å²) in [6.45, 7) is 1.29. The molecule has 1 atom stereocenters. The highest BCUT2D eigenvalue weighted by Gasteiger charge is 2.38. The molecule has 0 radical (unpaired) electrons. The quantitative estimate of drug-likeness (QED) is 0.633. The molecule has 1 aromatic rings. The van der Waals surface area contributed by atoms with Gasteiger partial charge in [0.1, 0.15) is 4.90 Å². The van der Waals surface area contributed by atoms with Gasteiger partial charge in [-0.1, -0.05) is 12.1 Å². The van der Waals surface area contributed by atoms with Crippen molar-refractivity contribution in [2.24, 2.45) is 0 Å². The van der Waals surface area contributed by atoms with Crippen LogP contribution in [0.2, 0.25) is 0 Å². The Balaban J connectivity index is 3.52. The zero-order valence-electron chi connectivity index (χ0n) is 8.78. The van der Waals surface area contributed by atoms with Crippen molar-refractivity contribution in [3.63, 3.8) is 0 Å². The van der Waals surface area contributed by atoms with Crippen LogP contribution in [-0.2, 0) is 20.5 Å². The molecule has 0 fully saturated rings. The van der Waals surface area contributed by atoms with Crippen molar-refractivity contribution >= 4 is 19.4 Å². The van der Waals surface area contributed by atoms with Gasteiger partial charge in [0.25, 0.3) is 10.1 Å². The van der Waals surface area contributed by atoms with E-state index in [2.05, 4.69) is 4.18 Å². The second-order valence-corrected chi connectivity index (χ2v) is 5.07. The fourth-order valence-electron chi connectivity index (χ4n) is 1.36. The van der Waals surface area contributed by atoms with Crippen LogP contribution in [0.1, 0.15) is 11.1 Å². The molecule has 0 amide bonds. The number of hydrogen-bond donors (Lipinski definition) is 0. The van der Waals surface area contributed by atoms with E-state index in [0.717, 1.165) is 6.07 Å². The average Bonchev–Trinajstić information content (AvgIpc) is 2.15. The lowest BCUT2D eigenvalue weighted by Gasteiger charge is -2.14. The summed E-state index contributed by atoms with van der Waals surface area (Å²) in [7, 11) is -2.42. The van der Waals surface area contributed by atoms with Crippen molar-refractivity contribution in [1.29, 1.82) is 0 Å². The molecule has 17 heavy (non-hydrogen) atoms. The van der Waals surface area contributed by atoms with Gasteiger partial charge in [0.15, 0.2) is 0 Å². The summed E-state index contributed by atoms with van der Waals surface area (Å²) in [5.41, 5.74) is -1.21. The first-order valence-electron chi connectivity index (χ1n) is 4.46. The summed E-state index contributed by atoms with van der Waals surface area (Å²) in [6.07, 6.45) is -5.04. The van der Waals surface area contributed by atoms with Gasteiger partial charge in [-0.15, -0.1) is 9.24 Å². The first-order valence-corrected chi connectivity index (χ1v) is 6.69. The third-order valence-corrected chi connectivity index (χ3v) is 3.89. The van der Waals surface area contributed by atoms with Crippen molar-refractivity contribution in [1.82, 2.24) is 0 Å². The van der Waals surface area contributed by atoms with Gasteiger partial charge in [-0.05, 0) is 18.6 Å². The fraction of sp³-hybridized carbons (Fsp3) is 0.333. The molecule has 0 N–H and O–H groups in total. The van der Waals surface area contributed by atoms with Crippen LogP contribution in [0.5, 0.6) is 0 Å². The third kappa shape index (κ3) is 3.18. The molecule has 0 heterocycles. The molecule has 1 rings (SSSR count). The normalized spacial score (nSPS) is 12.8. The van der Waals surface area contributed by atoms with Gasteiger partial charge in [0.2, 0.25) is 0 Å². The summed E-state index contributed by atoms with van der Waals surface area (Å²) in [5, 5.41) is 0. The second-order valence-electron chi connectivity index (χ2n) is 3.19. The highest BCUT2D eigenvalue weighted by molar-refractivity contribution is 7.87. The number of benzene rings is 1. The lowest BCUT2D eigenvalue weighted by Crippen LogP contribution is -2.16. The largest absolute Gasteiger partial charge is 0.417 e. The van der Waals surface area contributed by atoms with Crippen molar-refractivity contribution in [2.45, 2.75) is 18.0 Å². The molecule has 0 aromatic heterocycles. The monoisotopic (exact) mass is 286 g/mol. The molecule has 0 spiro atoms. The zero-order chi connectivity index (χ0) is 13.3. The highest BCUT2D eigenvalue weighted by atomic mass is 32.2. The summed E-state index contributed by atoms with van der Waals surface area (Å²) in [4.78, 5) is -0.824. The standard InChI is InChI=1S/C9H10F3O3PS/c1-6-3-2-4-7(9(10,11)12)8(6)17(13,14)15-5-16/h2-4H,5,16H2,1H3. The minimum atomic E-state index is -4.74. The van der Waals surface area contributed by atoms with Crippen LogP contribution in [0.25, 0.3) is 0 Å². The Labute approximate surface area is 99.3 Å². The van der Waals surface area contributed by atoms with Crippen LogP contribution in [0.4, 0.5) is 13.2 Å². The van der Waals surface area contributed by atoms with Crippen molar-refractivity contribution in [2.75, 3.05) is 6.35 Å². The van der Waals surface area contributed by atoms with Gasteiger partial charge in [-0.2, -0.15) is 21.6 Å². The van der Waals surface area contributed by atoms with Gasteiger partial charge in [0.05, 0.1) is 11.9 Å². The van der Waals surface area contributed by atoms with Gasteiger partial charge >= 0.3 is 6.18 Å². The predicted octanol–water partition coefficient (Wildman–Crippen LogP) is 2.55. The number of hydrogen-bond acceptors (Lipinski definition) is 3. The Hall–Kier alpha value is -0.650. The maximum atomic E-state index is 12.7. The molecular formula is C9H10F3O3PS. The van der Waals surface area contributed by atoms with Crippen LogP contribution in [0.3, 0.4) is 0 Å². The Kier molecular flexibility index (Phi) is 4.17. The van der Waals surface area contributed by atoms with Crippen molar-refractivity contribution < 1.29 is 25.8 Å². The maximum absolute atomic E-state index is 12.7. The average molecular weight is 286 g/mol. The third-order valence-electron chi connectivity index (χ3n) is 1.99. The van der Waals surface area contributed by atoms with E-state index in [1.165, 1.54) is 13.0 Å². The van der Waals surface area contributed by atoms with Gasteiger partial charge in [0, 0.05) is 0 Å². The van der Waals surface area contributed by atoms with Crippen LogP contribution in [0, 0.1) is 6.92 Å². The SMILES string of the molecule is Cc1cccc(C(F)(F)F)c1S(=O)(=O)OCP. The first kappa shape index (κ1) is 14.4. The molecule has 0 saturated heterocycles. The van der Waals surface area contributed by atoms with E-state index in [0.29, 0.717) is 6.07 Å². The Bertz CT molecular complexity index is 511. The van der Waals surface area contributed by atoms with Crippen LogP contribution >= 0.6 is 9.24 Å². The molecule has 96 valence electrons. The van der Waals surface area contributed by atoms with Crippen LogP contribution in [0.15, 0.2) is 23.1 Å². The molecule has 0 saturated carbocycles. The topological polar surface area (TPSA) is 43.4 Å². The molecule has 1 unspecified atom stereocenters. The maximum Gasteiger partial charge on any atom is 0.417 e. The van der Waals surface area contributed by atoms with Crippen molar-refractivity contribution in [3.05, 3.63) is 29.3 Å². The Morgan fingerprint density at radius 1 is 1.35 bits per heavy atom. The summed E-state index contributed by atoms with van der Waals surface area (Å²) in [6, 6.07) is 3.15. The first-order chi connectivity index (χ1) is 7.70.